The van der Waals surface area contributed by atoms with Gasteiger partial charge < -0.3 is 10.2 Å². The monoisotopic (exact) mass is 542 g/mol. The average Bonchev–Trinajstić information content (AvgIpc) is 3.28. The first-order valence-electron chi connectivity index (χ1n) is 15.4. The molecular weight excluding hydrogens is 492 g/mol. The van der Waals surface area contributed by atoms with Crippen LogP contribution in [0.3, 0.4) is 0 Å². The van der Waals surface area contributed by atoms with E-state index in [2.05, 4.69) is 26.8 Å². The summed E-state index contributed by atoms with van der Waals surface area (Å²) in [5.41, 5.74) is 1.16. The Morgan fingerprint density at radius 1 is 1.03 bits per heavy atom. The first kappa shape index (κ1) is 28.4. The van der Waals surface area contributed by atoms with E-state index in [0.717, 1.165) is 38.5 Å². The van der Waals surface area contributed by atoms with Crippen molar-refractivity contribution in [3.63, 3.8) is 0 Å². The molecule has 3 saturated carbocycles. The standard InChI is InChI=1S/C33H50O4S/c1-5-24(34)20-31(38(36,37)25-10-8-7-9-11-25)22(3)29-14-15-30-28-13-12-23-21-33(35,6-2)19-17-26(23)27(28)16-18-32(29,30)4/h7-12,22,24,26-31,34-35H,5-6,13-21H2,1-4H3/t22-,24?,26-,27?,28+,29+,30-,31?,32+,33-/m0/s1. The second-order valence-electron chi connectivity index (χ2n) is 13.6. The first-order valence-corrected chi connectivity index (χ1v) is 17.0. The Kier molecular flexibility index (Phi) is 7.96. The second kappa shape index (κ2) is 10.7. The zero-order valence-corrected chi connectivity index (χ0v) is 24.8. The molecule has 4 aliphatic carbocycles. The summed E-state index contributed by atoms with van der Waals surface area (Å²) in [6, 6.07) is 8.90. The Hall–Kier alpha value is -1.17. The smallest absolute Gasteiger partial charge is 0.181 e. The van der Waals surface area contributed by atoms with Crippen LogP contribution in [0.4, 0.5) is 0 Å². The molecule has 3 unspecified atom stereocenters. The lowest BCUT2D eigenvalue weighted by molar-refractivity contribution is -0.0462. The number of aliphatic hydroxyl groups is 2. The van der Waals surface area contributed by atoms with Crippen LogP contribution in [0, 0.1) is 40.9 Å². The van der Waals surface area contributed by atoms with E-state index in [4.69, 9.17) is 0 Å². The Balaban J connectivity index is 1.40. The van der Waals surface area contributed by atoms with Crippen molar-refractivity contribution in [2.45, 2.75) is 120 Å². The Bertz CT molecular complexity index is 1110. The number of benzene rings is 1. The largest absolute Gasteiger partial charge is 0.393 e. The van der Waals surface area contributed by atoms with Gasteiger partial charge in [0.05, 0.1) is 21.9 Å². The van der Waals surface area contributed by atoms with Crippen LogP contribution in [0.25, 0.3) is 0 Å². The molecule has 38 heavy (non-hydrogen) atoms. The van der Waals surface area contributed by atoms with Crippen LogP contribution in [0.1, 0.15) is 98.3 Å². The van der Waals surface area contributed by atoms with Crippen molar-refractivity contribution in [2.75, 3.05) is 0 Å². The van der Waals surface area contributed by atoms with E-state index in [1.165, 1.54) is 24.8 Å². The fourth-order valence-electron chi connectivity index (χ4n) is 9.67. The second-order valence-corrected chi connectivity index (χ2v) is 15.8. The first-order chi connectivity index (χ1) is 18.0. The van der Waals surface area contributed by atoms with Crippen molar-refractivity contribution < 1.29 is 18.6 Å². The van der Waals surface area contributed by atoms with Gasteiger partial charge in [-0.3, -0.25) is 0 Å². The van der Waals surface area contributed by atoms with Crippen molar-refractivity contribution >= 4 is 9.84 Å². The highest BCUT2D eigenvalue weighted by atomic mass is 32.2. The molecule has 1 aromatic rings. The molecule has 0 spiro atoms. The molecule has 0 amide bonds. The van der Waals surface area contributed by atoms with Crippen molar-refractivity contribution in [2.24, 2.45) is 40.9 Å². The molecular formula is C33H50O4S. The molecule has 0 aromatic heterocycles. The highest BCUT2D eigenvalue weighted by Crippen LogP contribution is 2.65. The van der Waals surface area contributed by atoms with E-state index in [1.54, 1.807) is 24.3 Å². The third-order valence-corrected chi connectivity index (χ3v) is 14.3. The lowest BCUT2D eigenvalue weighted by atomic mass is 9.50. The topological polar surface area (TPSA) is 74.6 Å². The maximum Gasteiger partial charge on any atom is 0.181 e. The van der Waals surface area contributed by atoms with E-state index in [-0.39, 0.29) is 11.3 Å². The van der Waals surface area contributed by atoms with Gasteiger partial charge in [0, 0.05) is 0 Å². The summed E-state index contributed by atoms with van der Waals surface area (Å²) in [5.74, 6) is 3.01. The molecule has 5 heteroatoms. The zero-order valence-electron chi connectivity index (χ0n) is 24.0. The van der Waals surface area contributed by atoms with Crippen LogP contribution in [0.5, 0.6) is 0 Å². The molecule has 5 rings (SSSR count). The number of hydrogen-bond donors (Lipinski definition) is 2. The molecule has 0 radical (unpaired) electrons. The van der Waals surface area contributed by atoms with Crippen LogP contribution in [-0.2, 0) is 9.84 Å². The Morgan fingerprint density at radius 3 is 2.45 bits per heavy atom. The maximum atomic E-state index is 14.0. The highest BCUT2D eigenvalue weighted by molar-refractivity contribution is 7.92. The van der Waals surface area contributed by atoms with Gasteiger partial charge in [-0.1, -0.05) is 57.5 Å². The van der Waals surface area contributed by atoms with Gasteiger partial charge >= 0.3 is 0 Å². The fourth-order valence-corrected chi connectivity index (χ4v) is 11.8. The van der Waals surface area contributed by atoms with Gasteiger partial charge in [0.1, 0.15) is 0 Å². The predicted octanol–water partition coefficient (Wildman–Crippen LogP) is 6.96. The van der Waals surface area contributed by atoms with Crippen LogP contribution in [-0.4, -0.2) is 35.6 Å². The van der Waals surface area contributed by atoms with Crippen molar-refractivity contribution in [1.82, 2.24) is 0 Å². The molecule has 0 heterocycles. The average molecular weight is 543 g/mol. The number of fused-ring (bicyclic) bond motifs is 5. The van der Waals surface area contributed by atoms with Crippen molar-refractivity contribution in [3.8, 4) is 0 Å². The Morgan fingerprint density at radius 2 is 1.76 bits per heavy atom. The highest BCUT2D eigenvalue weighted by Gasteiger charge is 2.58. The molecule has 4 aliphatic rings. The molecule has 212 valence electrons. The minimum Gasteiger partial charge on any atom is -0.393 e. The zero-order chi connectivity index (χ0) is 27.3. The van der Waals surface area contributed by atoms with Gasteiger partial charge in [-0.25, -0.2) is 8.42 Å². The van der Waals surface area contributed by atoms with Crippen molar-refractivity contribution in [3.05, 3.63) is 42.0 Å². The normalized spacial score (nSPS) is 39.3. The maximum absolute atomic E-state index is 14.0. The quantitative estimate of drug-likeness (QED) is 0.348. The molecule has 2 N–H and O–H groups in total. The summed E-state index contributed by atoms with van der Waals surface area (Å²) in [6.07, 6.45) is 12.3. The molecule has 3 fully saturated rings. The number of sulfone groups is 1. The fraction of sp³-hybridized carbons (Fsp3) is 0.758. The predicted molar refractivity (Wildman–Crippen MR) is 153 cm³/mol. The van der Waals surface area contributed by atoms with Gasteiger partial charge in [-0.15, -0.1) is 0 Å². The minimum atomic E-state index is -3.55. The summed E-state index contributed by atoms with van der Waals surface area (Å²) in [5, 5.41) is 21.1. The Labute approximate surface area is 231 Å². The number of aliphatic hydroxyl groups excluding tert-OH is 1. The van der Waals surface area contributed by atoms with Crippen LogP contribution < -0.4 is 0 Å². The molecule has 1 aromatic carbocycles. The third kappa shape index (κ3) is 4.83. The van der Waals surface area contributed by atoms with Crippen LogP contribution >= 0.6 is 0 Å². The lowest BCUT2D eigenvalue weighted by Crippen LogP contribution is -2.49. The van der Waals surface area contributed by atoms with Gasteiger partial charge in [0.2, 0.25) is 0 Å². The molecule has 0 saturated heterocycles. The minimum absolute atomic E-state index is 0.00288. The number of allylic oxidation sites excluding steroid dienone is 1. The van der Waals surface area contributed by atoms with Gasteiger partial charge in [-0.2, -0.15) is 0 Å². The van der Waals surface area contributed by atoms with E-state index >= 15 is 0 Å². The van der Waals surface area contributed by atoms with Gasteiger partial charge in [-0.05, 0) is 124 Å². The summed E-state index contributed by atoms with van der Waals surface area (Å²) >= 11 is 0. The van der Waals surface area contributed by atoms with Gasteiger partial charge in [0.15, 0.2) is 9.84 Å². The lowest BCUT2D eigenvalue weighted by Gasteiger charge is -2.55. The number of rotatable bonds is 8. The molecule has 0 aliphatic heterocycles. The molecule has 4 nitrogen and oxygen atoms in total. The van der Waals surface area contributed by atoms with E-state index in [1.807, 2.05) is 13.0 Å². The molecule has 10 atom stereocenters. The summed E-state index contributed by atoms with van der Waals surface area (Å²) in [4.78, 5) is 0.387. The van der Waals surface area contributed by atoms with Crippen LogP contribution in [0.2, 0.25) is 0 Å². The summed E-state index contributed by atoms with van der Waals surface area (Å²) < 4.78 is 27.9. The molecule has 0 bridgehead atoms. The SMILES string of the molecule is CCC(O)CC([C@@H](C)[C@H]1CC[C@H]2[C@@H]3CC=C4C[C@](O)(CC)CC[C@@H]4C3CC[C@]12C)S(=O)(=O)c1ccccc1. The van der Waals surface area contributed by atoms with Gasteiger partial charge in [0.25, 0.3) is 0 Å². The summed E-state index contributed by atoms with van der Waals surface area (Å²) in [6.45, 7) is 8.69. The number of hydrogen-bond acceptors (Lipinski definition) is 4. The van der Waals surface area contributed by atoms with Crippen molar-refractivity contribution in [1.29, 1.82) is 0 Å². The van der Waals surface area contributed by atoms with E-state index < -0.39 is 26.8 Å². The van der Waals surface area contributed by atoms with E-state index in [0.29, 0.717) is 47.3 Å². The van der Waals surface area contributed by atoms with E-state index in [9.17, 15) is 18.6 Å². The van der Waals surface area contributed by atoms with Crippen LogP contribution in [0.15, 0.2) is 46.9 Å². The summed E-state index contributed by atoms with van der Waals surface area (Å²) in [7, 11) is -3.55. The third-order valence-electron chi connectivity index (χ3n) is 12.0.